The van der Waals surface area contributed by atoms with Gasteiger partial charge in [-0.25, -0.2) is 4.79 Å². The summed E-state index contributed by atoms with van der Waals surface area (Å²) in [4.78, 5) is 14.7. The Kier molecular flexibility index (Phi) is 7.20. The van der Waals surface area contributed by atoms with Crippen molar-refractivity contribution in [2.45, 2.75) is 45.1 Å². The highest BCUT2D eigenvalue weighted by atomic mass is 16.5. The molecule has 1 aromatic rings. The zero-order chi connectivity index (χ0) is 16.5. The molecule has 2 rings (SSSR count). The first-order chi connectivity index (χ1) is 11.2. The number of carbonyl (C=O) groups is 1. The van der Waals surface area contributed by atoms with Crippen LogP contribution in [0.2, 0.25) is 0 Å². The number of para-hydroxylation sites is 2. The number of methoxy groups -OCH3 is 1. The summed E-state index contributed by atoms with van der Waals surface area (Å²) in [5.74, 6) is 0.671. The molecule has 5 heteroatoms. The van der Waals surface area contributed by atoms with E-state index in [1.165, 1.54) is 32.1 Å². The van der Waals surface area contributed by atoms with E-state index in [0.717, 1.165) is 13.1 Å². The van der Waals surface area contributed by atoms with Gasteiger partial charge >= 0.3 is 6.03 Å². The Hall–Kier alpha value is -1.75. The van der Waals surface area contributed by atoms with Crippen molar-refractivity contribution >= 4 is 11.7 Å². The number of rotatable bonds is 7. The molecule has 1 aliphatic rings. The summed E-state index contributed by atoms with van der Waals surface area (Å²) in [6.07, 6.45) is 6.13. The number of amides is 2. The van der Waals surface area contributed by atoms with Crippen LogP contribution in [0.25, 0.3) is 0 Å². The first kappa shape index (κ1) is 17.6. The summed E-state index contributed by atoms with van der Waals surface area (Å²) >= 11 is 0. The molecule has 0 saturated carbocycles. The van der Waals surface area contributed by atoms with Crippen molar-refractivity contribution in [2.75, 3.05) is 32.1 Å². The number of nitrogens with one attached hydrogen (secondary N) is 2. The Labute approximate surface area is 139 Å². The van der Waals surface area contributed by atoms with E-state index >= 15 is 0 Å². The molecule has 1 aliphatic heterocycles. The number of urea groups is 1. The van der Waals surface area contributed by atoms with E-state index < -0.39 is 0 Å². The Morgan fingerprint density at radius 1 is 1.35 bits per heavy atom. The molecule has 1 unspecified atom stereocenters. The van der Waals surface area contributed by atoms with E-state index in [2.05, 4.69) is 22.5 Å². The third-order valence-corrected chi connectivity index (χ3v) is 4.40. The van der Waals surface area contributed by atoms with E-state index in [-0.39, 0.29) is 6.03 Å². The quantitative estimate of drug-likeness (QED) is 0.809. The highest BCUT2D eigenvalue weighted by molar-refractivity contribution is 5.90. The van der Waals surface area contributed by atoms with Gasteiger partial charge in [0, 0.05) is 12.6 Å². The SMILES string of the molecule is CCCCN1CCCCC1CNC(=O)Nc1ccccc1OC. The van der Waals surface area contributed by atoms with Gasteiger partial charge < -0.3 is 15.4 Å². The van der Waals surface area contributed by atoms with Gasteiger partial charge in [0.2, 0.25) is 0 Å². The molecule has 128 valence electrons. The predicted molar refractivity (Wildman–Crippen MR) is 94.1 cm³/mol. The molecular formula is C18H29N3O2. The molecule has 5 nitrogen and oxygen atoms in total. The van der Waals surface area contributed by atoms with Crippen LogP contribution in [0.15, 0.2) is 24.3 Å². The molecule has 1 fully saturated rings. The topological polar surface area (TPSA) is 53.6 Å². The van der Waals surface area contributed by atoms with Crippen LogP contribution in [0, 0.1) is 0 Å². The van der Waals surface area contributed by atoms with E-state index in [1.807, 2.05) is 24.3 Å². The molecule has 0 aliphatic carbocycles. The van der Waals surface area contributed by atoms with Crippen LogP contribution >= 0.6 is 0 Å². The van der Waals surface area contributed by atoms with E-state index in [1.54, 1.807) is 7.11 Å². The normalized spacial score (nSPS) is 18.4. The molecule has 2 amide bonds. The third-order valence-electron chi connectivity index (χ3n) is 4.40. The van der Waals surface area contributed by atoms with Crippen LogP contribution in [0.1, 0.15) is 39.0 Å². The van der Waals surface area contributed by atoms with E-state index in [9.17, 15) is 4.79 Å². The summed E-state index contributed by atoms with van der Waals surface area (Å²) in [7, 11) is 1.60. The fourth-order valence-corrected chi connectivity index (χ4v) is 3.07. The number of carbonyl (C=O) groups excluding carboxylic acids is 1. The molecule has 0 aromatic heterocycles. The molecule has 1 heterocycles. The molecule has 0 radical (unpaired) electrons. The Morgan fingerprint density at radius 3 is 2.96 bits per heavy atom. The van der Waals surface area contributed by atoms with Crippen molar-refractivity contribution < 1.29 is 9.53 Å². The molecule has 1 atom stereocenters. The third kappa shape index (κ3) is 5.43. The van der Waals surface area contributed by atoms with Crippen molar-refractivity contribution in [1.29, 1.82) is 0 Å². The standard InChI is InChI=1S/C18H29N3O2/c1-3-4-12-21-13-8-7-9-15(21)14-19-18(22)20-16-10-5-6-11-17(16)23-2/h5-6,10-11,15H,3-4,7-9,12-14H2,1-2H3,(H2,19,20,22). The van der Waals surface area contributed by atoms with Crippen LogP contribution in [0.3, 0.4) is 0 Å². The zero-order valence-electron chi connectivity index (χ0n) is 14.3. The number of benzene rings is 1. The maximum atomic E-state index is 12.1. The summed E-state index contributed by atoms with van der Waals surface area (Å²) in [6.45, 7) is 5.21. The smallest absolute Gasteiger partial charge is 0.319 e. The Balaban J connectivity index is 1.82. The van der Waals surface area contributed by atoms with Crippen LogP contribution in [-0.2, 0) is 0 Å². The highest BCUT2D eigenvalue weighted by Gasteiger charge is 2.22. The van der Waals surface area contributed by atoms with Gasteiger partial charge in [-0.3, -0.25) is 4.90 Å². The maximum Gasteiger partial charge on any atom is 0.319 e. The van der Waals surface area contributed by atoms with Crippen molar-refractivity contribution in [3.8, 4) is 5.75 Å². The molecule has 0 spiro atoms. The lowest BCUT2D eigenvalue weighted by molar-refractivity contribution is 0.145. The van der Waals surface area contributed by atoms with Gasteiger partial charge in [-0.2, -0.15) is 0 Å². The van der Waals surface area contributed by atoms with Crippen LogP contribution in [0.4, 0.5) is 10.5 Å². The molecule has 0 bridgehead atoms. The average molecular weight is 319 g/mol. The monoisotopic (exact) mass is 319 g/mol. The lowest BCUT2D eigenvalue weighted by Gasteiger charge is -2.35. The van der Waals surface area contributed by atoms with Gasteiger partial charge in [-0.1, -0.05) is 31.9 Å². The number of piperidine rings is 1. The second-order valence-corrected chi connectivity index (χ2v) is 6.07. The summed E-state index contributed by atoms with van der Waals surface area (Å²) < 4.78 is 5.25. The predicted octanol–water partition coefficient (Wildman–Crippen LogP) is 3.47. The van der Waals surface area contributed by atoms with Crippen molar-refractivity contribution in [1.82, 2.24) is 10.2 Å². The lowest BCUT2D eigenvalue weighted by Crippen LogP contribution is -2.47. The summed E-state index contributed by atoms with van der Waals surface area (Å²) in [5, 5.41) is 5.88. The minimum atomic E-state index is -0.171. The average Bonchev–Trinajstić information content (AvgIpc) is 2.59. The lowest BCUT2D eigenvalue weighted by atomic mass is 10.0. The molecular weight excluding hydrogens is 290 g/mol. The second-order valence-electron chi connectivity index (χ2n) is 6.07. The zero-order valence-corrected chi connectivity index (χ0v) is 14.3. The van der Waals surface area contributed by atoms with Gasteiger partial charge in [0.25, 0.3) is 0 Å². The summed E-state index contributed by atoms with van der Waals surface area (Å²) in [5.41, 5.74) is 0.694. The van der Waals surface area contributed by atoms with Gasteiger partial charge in [0.05, 0.1) is 12.8 Å². The minimum Gasteiger partial charge on any atom is -0.495 e. The van der Waals surface area contributed by atoms with Crippen LogP contribution in [-0.4, -0.2) is 43.7 Å². The van der Waals surface area contributed by atoms with Crippen LogP contribution < -0.4 is 15.4 Å². The number of hydrogen-bond acceptors (Lipinski definition) is 3. The van der Waals surface area contributed by atoms with Crippen molar-refractivity contribution in [3.63, 3.8) is 0 Å². The first-order valence-electron chi connectivity index (χ1n) is 8.66. The van der Waals surface area contributed by atoms with E-state index in [0.29, 0.717) is 24.0 Å². The molecule has 1 saturated heterocycles. The van der Waals surface area contributed by atoms with Crippen molar-refractivity contribution in [2.24, 2.45) is 0 Å². The molecule has 2 N–H and O–H groups in total. The number of unbranched alkanes of at least 4 members (excludes halogenated alkanes) is 1. The van der Waals surface area contributed by atoms with Gasteiger partial charge in [-0.05, 0) is 44.5 Å². The highest BCUT2D eigenvalue weighted by Crippen LogP contribution is 2.23. The van der Waals surface area contributed by atoms with Gasteiger partial charge in [0.1, 0.15) is 5.75 Å². The fraction of sp³-hybridized carbons (Fsp3) is 0.611. The number of hydrogen-bond donors (Lipinski definition) is 2. The Bertz CT molecular complexity index is 493. The number of anilines is 1. The molecule has 23 heavy (non-hydrogen) atoms. The van der Waals surface area contributed by atoms with Gasteiger partial charge in [0.15, 0.2) is 0 Å². The number of nitrogens with zero attached hydrogens (tertiary/aromatic N) is 1. The minimum absolute atomic E-state index is 0.171. The fourth-order valence-electron chi connectivity index (χ4n) is 3.07. The number of likely N-dealkylation sites (tertiary alicyclic amines) is 1. The first-order valence-corrected chi connectivity index (χ1v) is 8.66. The molecule has 1 aromatic carbocycles. The second kappa shape index (κ2) is 9.40. The Morgan fingerprint density at radius 2 is 2.17 bits per heavy atom. The largest absolute Gasteiger partial charge is 0.495 e. The number of ether oxygens (including phenoxy) is 1. The van der Waals surface area contributed by atoms with E-state index in [4.69, 9.17) is 4.74 Å². The maximum absolute atomic E-state index is 12.1. The van der Waals surface area contributed by atoms with Crippen molar-refractivity contribution in [3.05, 3.63) is 24.3 Å². The van der Waals surface area contributed by atoms with Crippen LogP contribution in [0.5, 0.6) is 5.75 Å². The van der Waals surface area contributed by atoms with Gasteiger partial charge in [-0.15, -0.1) is 0 Å². The summed E-state index contributed by atoms with van der Waals surface area (Å²) in [6, 6.07) is 7.73.